The molecule has 0 saturated heterocycles. The molecule has 0 aliphatic heterocycles. The first kappa shape index (κ1) is 9.32. The lowest BCUT2D eigenvalue weighted by Gasteiger charge is -1.82. The molecule has 1 nitrogen and oxygen atoms in total. The van der Waals surface area contributed by atoms with Crippen molar-refractivity contribution in [2.45, 2.75) is 6.92 Å². The van der Waals surface area contributed by atoms with Gasteiger partial charge in [-0.2, -0.15) is 0 Å². The van der Waals surface area contributed by atoms with Crippen molar-refractivity contribution in [3.63, 3.8) is 0 Å². The predicted octanol–water partition coefficient (Wildman–Crippen LogP) is 2.90. The number of hydrogen-bond acceptors (Lipinski definition) is 1. The van der Waals surface area contributed by atoms with Crippen LogP contribution in [0.5, 0.6) is 0 Å². The second kappa shape index (κ2) is 6.44. The molecule has 0 unspecified atom stereocenters. The molecule has 54 valence electrons. The minimum Gasteiger partial charge on any atom is -0.275 e. The van der Waals surface area contributed by atoms with Crippen molar-refractivity contribution in [3.8, 4) is 0 Å². The van der Waals surface area contributed by atoms with Crippen LogP contribution in [0, 0.1) is 6.92 Å². The molecule has 0 saturated carbocycles. The first-order chi connectivity index (χ1) is 4.81. The van der Waals surface area contributed by atoms with Crippen molar-refractivity contribution in [1.82, 2.24) is 0 Å². The lowest BCUT2D eigenvalue weighted by atomic mass is 10.2. The third kappa shape index (κ3) is 5.46. The second-order valence-electron chi connectivity index (χ2n) is 1.84. The van der Waals surface area contributed by atoms with Crippen LogP contribution < -0.4 is 0 Å². The van der Waals surface area contributed by atoms with Gasteiger partial charge in [-0.05, 0) is 6.92 Å². The fourth-order valence-corrected chi connectivity index (χ4v) is 0.534. The van der Waals surface area contributed by atoms with Crippen LogP contribution in [-0.2, 0) is 4.57 Å². The quantitative estimate of drug-likeness (QED) is 0.525. The summed E-state index contributed by atoms with van der Waals surface area (Å²) in [6.45, 7) is 3.62. The van der Waals surface area contributed by atoms with E-state index in [4.69, 9.17) is 4.57 Å². The molecule has 1 aromatic carbocycles. The van der Waals surface area contributed by atoms with Crippen molar-refractivity contribution in [2.75, 3.05) is 6.66 Å². The fraction of sp³-hybridized carbons (Fsp3) is 0.250. The molecule has 0 N–H and O–H groups in total. The van der Waals surface area contributed by atoms with Crippen LogP contribution >= 0.6 is 8.46 Å². The third-order valence-corrected chi connectivity index (χ3v) is 0.940. The standard InChI is InChI=1S/C7H8.CH3OP/c1-7-5-3-2-4-6-7;1-3-2/h2-6H,1H3;1H3. The largest absolute Gasteiger partial charge is 0.275 e. The van der Waals surface area contributed by atoms with Crippen molar-refractivity contribution >= 4 is 8.46 Å². The third-order valence-electron chi connectivity index (χ3n) is 0.940. The molecule has 0 radical (unpaired) electrons. The van der Waals surface area contributed by atoms with E-state index < -0.39 is 0 Å². The highest BCUT2D eigenvalue weighted by Crippen LogP contribution is 1.92. The van der Waals surface area contributed by atoms with Crippen molar-refractivity contribution in [2.24, 2.45) is 0 Å². The topological polar surface area (TPSA) is 17.1 Å². The zero-order valence-electron chi connectivity index (χ0n) is 6.24. The average Bonchev–Trinajstić information content (AvgIpc) is 1.91. The maximum atomic E-state index is 8.90. The molecule has 0 amide bonds. The Morgan fingerprint density at radius 3 is 1.80 bits per heavy atom. The molecule has 0 aliphatic rings. The lowest BCUT2D eigenvalue weighted by molar-refractivity contribution is 0.601. The summed E-state index contributed by atoms with van der Waals surface area (Å²) in [5, 5.41) is 0. The molecule has 1 aromatic rings. The molecule has 10 heavy (non-hydrogen) atoms. The van der Waals surface area contributed by atoms with Crippen LogP contribution in [0.25, 0.3) is 0 Å². The Hall–Kier alpha value is -0.680. The zero-order chi connectivity index (χ0) is 7.82. The van der Waals surface area contributed by atoms with E-state index in [0.29, 0.717) is 0 Å². The summed E-state index contributed by atoms with van der Waals surface area (Å²) in [7, 11) is 0.167. The Kier molecular flexibility index (Phi) is 6.00. The van der Waals surface area contributed by atoms with E-state index in [9.17, 15) is 0 Å². The van der Waals surface area contributed by atoms with Gasteiger partial charge < -0.3 is 0 Å². The summed E-state index contributed by atoms with van der Waals surface area (Å²) in [5.74, 6) is 0. The van der Waals surface area contributed by atoms with Crippen LogP contribution in [0.1, 0.15) is 5.56 Å². The van der Waals surface area contributed by atoms with E-state index >= 15 is 0 Å². The van der Waals surface area contributed by atoms with E-state index in [1.165, 1.54) is 5.56 Å². The summed E-state index contributed by atoms with van der Waals surface area (Å²) in [6, 6.07) is 10.3. The van der Waals surface area contributed by atoms with Gasteiger partial charge in [-0.3, -0.25) is 4.57 Å². The van der Waals surface area contributed by atoms with Gasteiger partial charge in [-0.25, -0.2) is 0 Å². The van der Waals surface area contributed by atoms with E-state index in [-0.39, 0.29) is 8.46 Å². The highest BCUT2D eigenvalue weighted by Gasteiger charge is 1.72. The normalized spacial score (nSPS) is 8.20. The average molecular weight is 154 g/mol. The molecule has 0 atom stereocenters. The van der Waals surface area contributed by atoms with Crippen molar-refractivity contribution < 1.29 is 4.57 Å². The number of rotatable bonds is 0. The number of aryl methyl sites for hydroxylation is 1. The SMILES string of the molecule is CP=O.Cc1ccccc1. The van der Waals surface area contributed by atoms with Crippen LogP contribution in [-0.4, -0.2) is 6.66 Å². The van der Waals surface area contributed by atoms with Crippen LogP contribution in [0.4, 0.5) is 0 Å². The Morgan fingerprint density at radius 1 is 1.20 bits per heavy atom. The number of benzene rings is 1. The van der Waals surface area contributed by atoms with Gasteiger partial charge in [0.2, 0.25) is 0 Å². The first-order valence-electron chi connectivity index (χ1n) is 3.04. The smallest absolute Gasteiger partial charge is 0.151 e. The van der Waals surface area contributed by atoms with Crippen molar-refractivity contribution in [1.29, 1.82) is 0 Å². The van der Waals surface area contributed by atoms with E-state index in [2.05, 4.69) is 19.1 Å². The minimum atomic E-state index is 0.167. The van der Waals surface area contributed by atoms with Gasteiger partial charge in [-0.1, -0.05) is 35.9 Å². The lowest BCUT2D eigenvalue weighted by Crippen LogP contribution is -1.62. The molecule has 0 heterocycles. The molecule has 0 bridgehead atoms. The molecule has 0 fully saturated rings. The molecular formula is C8H11OP. The summed E-state index contributed by atoms with van der Waals surface area (Å²) in [4.78, 5) is 0. The van der Waals surface area contributed by atoms with Gasteiger partial charge in [0, 0.05) is 6.66 Å². The Balaban J connectivity index is 0.000000236. The zero-order valence-corrected chi connectivity index (χ0v) is 7.14. The predicted molar refractivity (Wildman–Crippen MR) is 44.7 cm³/mol. The van der Waals surface area contributed by atoms with Crippen LogP contribution in [0.2, 0.25) is 0 Å². The van der Waals surface area contributed by atoms with Gasteiger partial charge in [0.15, 0.2) is 8.46 Å². The Labute approximate surface area is 63.3 Å². The summed E-state index contributed by atoms with van der Waals surface area (Å²) >= 11 is 0. The van der Waals surface area contributed by atoms with E-state index in [0.717, 1.165) is 0 Å². The molecule has 0 aliphatic carbocycles. The molecule has 0 spiro atoms. The maximum Gasteiger partial charge on any atom is 0.151 e. The highest BCUT2D eigenvalue weighted by atomic mass is 31.1. The molecule has 0 aromatic heterocycles. The molecule has 2 heteroatoms. The van der Waals surface area contributed by atoms with E-state index in [1.54, 1.807) is 6.66 Å². The molecular weight excluding hydrogens is 143 g/mol. The maximum absolute atomic E-state index is 8.90. The van der Waals surface area contributed by atoms with Gasteiger partial charge in [-0.15, -0.1) is 0 Å². The highest BCUT2D eigenvalue weighted by molar-refractivity contribution is 7.22. The van der Waals surface area contributed by atoms with Gasteiger partial charge in [0.25, 0.3) is 0 Å². The number of hydrogen-bond donors (Lipinski definition) is 0. The summed E-state index contributed by atoms with van der Waals surface area (Å²) in [6.07, 6.45) is 0. The van der Waals surface area contributed by atoms with Crippen molar-refractivity contribution in [3.05, 3.63) is 35.9 Å². The Bertz CT molecular complexity index is 172. The van der Waals surface area contributed by atoms with Gasteiger partial charge in [0.1, 0.15) is 0 Å². The minimum absolute atomic E-state index is 0.167. The summed E-state index contributed by atoms with van der Waals surface area (Å²) < 4.78 is 8.90. The van der Waals surface area contributed by atoms with Gasteiger partial charge in [0.05, 0.1) is 0 Å². The second-order valence-corrected chi connectivity index (χ2v) is 2.20. The van der Waals surface area contributed by atoms with Gasteiger partial charge >= 0.3 is 0 Å². The van der Waals surface area contributed by atoms with Crippen LogP contribution in [0.3, 0.4) is 0 Å². The summed E-state index contributed by atoms with van der Waals surface area (Å²) in [5.41, 5.74) is 1.32. The first-order valence-corrected chi connectivity index (χ1v) is 4.30. The van der Waals surface area contributed by atoms with Crippen LogP contribution in [0.15, 0.2) is 30.3 Å². The van der Waals surface area contributed by atoms with E-state index in [1.807, 2.05) is 18.2 Å². The Morgan fingerprint density at radius 2 is 1.60 bits per heavy atom. The monoisotopic (exact) mass is 154 g/mol. The fourth-order valence-electron chi connectivity index (χ4n) is 0.534. The molecule has 1 rings (SSSR count).